The topological polar surface area (TPSA) is 37.4 Å². The van der Waals surface area contributed by atoms with Crippen LogP contribution in [0.1, 0.15) is 20.3 Å². The second-order valence-corrected chi connectivity index (χ2v) is 3.15. The van der Waals surface area contributed by atoms with Crippen molar-refractivity contribution >= 4 is 11.7 Å². The number of hydrogen-bond acceptors (Lipinski definition) is 2. The maximum absolute atomic E-state index is 11.8. The van der Waals surface area contributed by atoms with E-state index in [-0.39, 0.29) is 11.7 Å². The molecule has 0 aromatic heterocycles. The summed E-state index contributed by atoms with van der Waals surface area (Å²) in [4.78, 5) is 24.5. The Kier molecular flexibility index (Phi) is 3.63. The van der Waals surface area contributed by atoms with Crippen LogP contribution in [0.25, 0.3) is 0 Å². The number of allylic oxidation sites excluding steroid dienone is 2. The van der Waals surface area contributed by atoms with Gasteiger partial charge in [0.2, 0.25) is 0 Å². The minimum atomic E-state index is -0.0562. The molecule has 3 heteroatoms. The van der Waals surface area contributed by atoms with E-state index >= 15 is 0 Å². The van der Waals surface area contributed by atoms with Gasteiger partial charge in [-0.2, -0.15) is 0 Å². The van der Waals surface area contributed by atoms with Gasteiger partial charge in [-0.1, -0.05) is 12.2 Å². The van der Waals surface area contributed by atoms with Crippen LogP contribution in [-0.2, 0) is 9.59 Å². The molecule has 0 saturated carbocycles. The summed E-state index contributed by atoms with van der Waals surface area (Å²) in [6.07, 6.45) is 5.30. The molecule has 0 heterocycles. The third kappa shape index (κ3) is 2.31. The molecule has 0 fully saturated rings. The molecule has 0 N–H and O–H groups in total. The van der Waals surface area contributed by atoms with Gasteiger partial charge in [0.1, 0.15) is 0 Å². The second kappa shape index (κ2) is 4.74. The van der Waals surface area contributed by atoms with E-state index in [1.807, 2.05) is 13.8 Å². The molecule has 3 nitrogen and oxygen atoms in total. The highest BCUT2D eigenvalue weighted by Gasteiger charge is 2.16. The maximum Gasteiger partial charge on any atom is 0.253 e. The van der Waals surface area contributed by atoms with E-state index in [9.17, 15) is 9.59 Å². The number of rotatable bonds is 3. The van der Waals surface area contributed by atoms with Gasteiger partial charge in [0.05, 0.1) is 0 Å². The summed E-state index contributed by atoms with van der Waals surface area (Å²) >= 11 is 0. The van der Waals surface area contributed by atoms with E-state index in [4.69, 9.17) is 0 Å². The second-order valence-electron chi connectivity index (χ2n) is 3.15. The van der Waals surface area contributed by atoms with Gasteiger partial charge in [-0.25, -0.2) is 0 Å². The number of likely N-dealkylation sites (N-methyl/N-ethyl adjacent to an activating group) is 1. The van der Waals surface area contributed by atoms with Crippen molar-refractivity contribution in [2.45, 2.75) is 20.3 Å². The van der Waals surface area contributed by atoms with Gasteiger partial charge in [0.15, 0.2) is 5.78 Å². The van der Waals surface area contributed by atoms with Crippen LogP contribution in [0, 0.1) is 0 Å². The third-order valence-corrected chi connectivity index (χ3v) is 2.23. The lowest BCUT2D eigenvalue weighted by Gasteiger charge is -2.19. The molecule has 0 unspecified atom stereocenters. The van der Waals surface area contributed by atoms with Crippen molar-refractivity contribution in [3.05, 3.63) is 23.8 Å². The van der Waals surface area contributed by atoms with Crippen molar-refractivity contribution in [2.24, 2.45) is 0 Å². The molecule has 76 valence electrons. The molecule has 1 aliphatic rings. The molecule has 14 heavy (non-hydrogen) atoms. The SMILES string of the molecule is CCN(CC)C(=O)C1=CC(=O)CC=C1. The van der Waals surface area contributed by atoms with Crippen LogP contribution in [0.15, 0.2) is 23.8 Å². The molecule has 0 bridgehead atoms. The molecule has 0 spiro atoms. The average molecular weight is 193 g/mol. The van der Waals surface area contributed by atoms with Gasteiger partial charge in [-0.15, -0.1) is 0 Å². The molecule has 0 atom stereocenters. The van der Waals surface area contributed by atoms with Gasteiger partial charge in [-0.3, -0.25) is 9.59 Å². The summed E-state index contributed by atoms with van der Waals surface area (Å²) in [5.41, 5.74) is 0.505. The summed E-state index contributed by atoms with van der Waals surface area (Å²) in [6.45, 7) is 5.20. The van der Waals surface area contributed by atoms with Gasteiger partial charge in [-0.05, 0) is 19.9 Å². The van der Waals surface area contributed by atoms with Gasteiger partial charge >= 0.3 is 0 Å². The largest absolute Gasteiger partial charge is 0.339 e. The molecule has 0 aliphatic heterocycles. The number of carbonyl (C=O) groups excluding carboxylic acids is 2. The summed E-state index contributed by atoms with van der Waals surface area (Å²) in [5, 5.41) is 0. The molecule has 0 aromatic carbocycles. The van der Waals surface area contributed by atoms with Crippen molar-refractivity contribution in [2.75, 3.05) is 13.1 Å². The first-order valence-electron chi connectivity index (χ1n) is 4.89. The molecule has 0 aromatic rings. The van der Waals surface area contributed by atoms with Crippen LogP contribution in [0.3, 0.4) is 0 Å². The maximum atomic E-state index is 11.8. The van der Waals surface area contributed by atoms with Gasteiger partial charge in [0, 0.05) is 25.1 Å². The highest BCUT2D eigenvalue weighted by Crippen LogP contribution is 2.10. The Hall–Kier alpha value is -1.38. The minimum absolute atomic E-state index is 0.00278. The minimum Gasteiger partial charge on any atom is -0.339 e. The normalized spacial score (nSPS) is 15.3. The fraction of sp³-hybridized carbons (Fsp3) is 0.455. The van der Waals surface area contributed by atoms with E-state index in [0.717, 1.165) is 0 Å². The van der Waals surface area contributed by atoms with Crippen LogP contribution in [0.2, 0.25) is 0 Å². The van der Waals surface area contributed by atoms with E-state index in [1.54, 1.807) is 17.1 Å². The quantitative estimate of drug-likeness (QED) is 0.677. The zero-order valence-corrected chi connectivity index (χ0v) is 8.62. The predicted molar refractivity (Wildman–Crippen MR) is 54.8 cm³/mol. The molecular weight excluding hydrogens is 178 g/mol. The van der Waals surface area contributed by atoms with Crippen LogP contribution < -0.4 is 0 Å². The lowest BCUT2D eigenvalue weighted by atomic mass is 10.1. The first-order chi connectivity index (χ1) is 6.69. The highest BCUT2D eigenvalue weighted by molar-refractivity contribution is 6.05. The Morgan fingerprint density at radius 2 is 2.07 bits per heavy atom. The van der Waals surface area contributed by atoms with Crippen LogP contribution in [0.5, 0.6) is 0 Å². The number of amides is 1. The van der Waals surface area contributed by atoms with Crippen molar-refractivity contribution in [3.8, 4) is 0 Å². The molecule has 1 rings (SSSR count). The van der Waals surface area contributed by atoms with E-state index in [2.05, 4.69) is 0 Å². The standard InChI is InChI=1S/C11H15NO2/c1-3-12(4-2)11(14)9-6-5-7-10(13)8-9/h5-6,8H,3-4,7H2,1-2H3. The smallest absolute Gasteiger partial charge is 0.253 e. The molecular formula is C11H15NO2. The molecule has 0 saturated heterocycles. The Bertz CT molecular complexity index is 298. The van der Waals surface area contributed by atoms with Crippen LogP contribution >= 0.6 is 0 Å². The van der Waals surface area contributed by atoms with Crippen molar-refractivity contribution in [1.29, 1.82) is 0 Å². The van der Waals surface area contributed by atoms with Crippen molar-refractivity contribution < 1.29 is 9.59 Å². The zero-order valence-electron chi connectivity index (χ0n) is 8.62. The number of hydrogen-bond donors (Lipinski definition) is 0. The van der Waals surface area contributed by atoms with E-state index in [1.165, 1.54) is 6.08 Å². The summed E-state index contributed by atoms with van der Waals surface area (Å²) in [6, 6.07) is 0. The van der Waals surface area contributed by atoms with Gasteiger partial charge < -0.3 is 4.90 Å². The number of carbonyl (C=O) groups is 2. The third-order valence-electron chi connectivity index (χ3n) is 2.23. The van der Waals surface area contributed by atoms with Crippen LogP contribution in [-0.4, -0.2) is 29.7 Å². The van der Waals surface area contributed by atoms with E-state index < -0.39 is 0 Å². The summed E-state index contributed by atoms with van der Waals surface area (Å²) < 4.78 is 0. The summed E-state index contributed by atoms with van der Waals surface area (Å²) in [7, 11) is 0. The van der Waals surface area contributed by atoms with Crippen molar-refractivity contribution in [3.63, 3.8) is 0 Å². The Labute approximate surface area is 84.1 Å². The van der Waals surface area contributed by atoms with Crippen LogP contribution in [0.4, 0.5) is 0 Å². The number of ketones is 1. The Balaban J connectivity index is 2.78. The summed E-state index contributed by atoms with van der Waals surface area (Å²) in [5.74, 6) is -0.0534. The Morgan fingerprint density at radius 3 is 2.57 bits per heavy atom. The molecule has 0 radical (unpaired) electrons. The monoisotopic (exact) mass is 193 g/mol. The lowest BCUT2D eigenvalue weighted by Crippen LogP contribution is -2.31. The molecule has 1 amide bonds. The predicted octanol–water partition coefficient (Wildman–Crippen LogP) is 1.31. The van der Waals surface area contributed by atoms with E-state index in [0.29, 0.717) is 25.1 Å². The first-order valence-corrected chi connectivity index (χ1v) is 4.89. The lowest BCUT2D eigenvalue weighted by molar-refractivity contribution is -0.126. The Morgan fingerprint density at radius 1 is 1.43 bits per heavy atom. The fourth-order valence-corrected chi connectivity index (χ4v) is 1.41. The average Bonchev–Trinajstić information content (AvgIpc) is 2.19. The zero-order chi connectivity index (χ0) is 10.6. The fourth-order valence-electron chi connectivity index (χ4n) is 1.41. The van der Waals surface area contributed by atoms with Crippen molar-refractivity contribution in [1.82, 2.24) is 4.90 Å². The van der Waals surface area contributed by atoms with Gasteiger partial charge in [0.25, 0.3) is 5.91 Å². The number of nitrogens with zero attached hydrogens (tertiary/aromatic N) is 1. The molecule has 1 aliphatic carbocycles. The first kappa shape index (κ1) is 10.7. The highest BCUT2D eigenvalue weighted by atomic mass is 16.2.